The molecule has 3 aromatic rings. The Hall–Kier alpha value is -2.94. The molecule has 1 aromatic carbocycles. The van der Waals surface area contributed by atoms with E-state index in [1.165, 1.54) is 10.8 Å². The van der Waals surface area contributed by atoms with Gasteiger partial charge in [0, 0.05) is 18.8 Å². The highest BCUT2D eigenvalue weighted by Gasteiger charge is 2.08. The number of benzene rings is 1. The first-order chi connectivity index (χ1) is 9.19. The summed E-state index contributed by atoms with van der Waals surface area (Å²) in [6.45, 7) is 0. The molecule has 0 amide bonds. The summed E-state index contributed by atoms with van der Waals surface area (Å²) < 4.78 is 6.48. The van der Waals surface area contributed by atoms with Crippen LogP contribution in [0.3, 0.4) is 0 Å². The molecular formula is C13H8N4O2. The molecule has 19 heavy (non-hydrogen) atoms. The number of nitrogens with zero attached hydrogens (tertiary/aromatic N) is 4. The van der Waals surface area contributed by atoms with Gasteiger partial charge in [0.1, 0.15) is 6.07 Å². The molecule has 0 bridgehead atoms. The standard InChI is InChI=1S/C13H8N4O2/c1-17-10-6-8(2-3-11(10)19-13(17)18)9-4-5-15-12(7-14)16-9/h2-6H,1H3. The molecule has 0 aliphatic heterocycles. The molecular weight excluding hydrogens is 244 g/mol. The fraction of sp³-hybridized carbons (Fsp3) is 0.0769. The number of fused-ring (bicyclic) bond motifs is 1. The van der Waals surface area contributed by atoms with Crippen molar-refractivity contribution in [1.29, 1.82) is 5.26 Å². The molecule has 0 saturated carbocycles. The van der Waals surface area contributed by atoms with E-state index in [-0.39, 0.29) is 5.82 Å². The Labute approximate surface area is 107 Å². The molecule has 2 heterocycles. The lowest BCUT2D eigenvalue weighted by atomic mass is 10.1. The van der Waals surface area contributed by atoms with Crippen LogP contribution in [0.4, 0.5) is 0 Å². The molecule has 0 atom stereocenters. The van der Waals surface area contributed by atoms with Crippen molar-refractivity contribution in [2.45, 2.75) is 0 Å². The minimum Gasteiger partial charge on any atom is -0.408 e. The second-order valence-corrected chi connectivity index (χ2v) is 3.99. The Morgan fingerprint density at radius 2 is 2.21 bits per heavy atom. The maximum atomic E-state index is 11.4. The average Bonchev–Trinajstić information content (AvgIpc) is 2.74. The summed E-state index contributed by atoms with van der Waals surface area (Å²) in [4.78, 5) is 19.4. The van der Waals surface area contributed by atoms with E-state index in [1.54, 1.807) is 31.3 Å². The first-order valence-corrected chi connectivity index (χ1v) is 5.52. The van der Waals surface area contributed by atoms with Gasteiger partial charge in [-0.3, -0.25) is 4.57 Å². The zero-order valence-corrected chi connectivity index (χ0v) is 9.99. The van der Waals surface area contributed by atoms with Crippen LogP contribution in [0.2, 0.25) is 0 Å². The summed E-state index contributed by atoms with van der Waals surface area (Å²) in [5.41, 5.74) is 2.62. The molecule has 2 aromatic heterocycles. The lowest BCUT2D eigenvalue weighted by molar-refractivity contribution is 0.528. The molecule has 0 radical (unpaired) electrons. The Kier molecular flexibility index (Phi) is 2.39. The van der Waals surface area contributed by atoms with Crippen LogP contribution in [0.5, 0.6) is 0 Å². The van der Waals surface area contributed by atoms with Crippen molar-refractivity contribution in [2.75, 3.05) is 0 Å². The van der Waals surface area contributed by atoms with Crippen molar-refractivity contribution >= 4 is 11.1 Å². The third-order valence-corrected chi connectivity index (χ3v) is 2.84. The molecule has 3 rings (SSSR count). The summed E-state index contributed by atoms with van der Waals surface area (Å²) >= 11 is 0. The van der Waals surface area contributed by atoms with Gasteiger partial charge >= 0.3 is 5.76 Å². The highest BCUT2D eigenvalue weighted by atomic mass is 16.4. The Bertz CT molecular complexity index is 870. The van der Waals surface area contributed by atoms with Crippen LogP contribution in [0.1, 0.15) is 5.82 Å². The van der Waals surface area contributed by atoms with Gasteiger partial charge in [-0.15, -0.1) is 0 Å². The highest BCUT2D eigenvalue weighted by Crippen LogP contribution is 2.22. The number of aryl methyl sites for hydroxylation is 1. The fourth-order valence-electron chi connectivity index (χ4n) is 1.86. The van der Waals surface area contributed by atoms with Crippen molar-refractivity contribution in [2.24, 2.45) is 7.05 Å². The van der Waals surface area contributed by atoms with Gasteiger partial charge in [-0.1, -0.05) is 0 Å². The minimum absolute atomic E-state index is 0.110. The summed E-state index contributed by atoms with van der Waals surface area (Å²) in [6.07, 6.45) is 1.53. The second-order valence-electron chi connectivity index (χ2n) is 3.99. The average molecular weight is 252 g/mol. The topological polar surface area (TPSA) is 84.7 Å². The summed E-state index contributed by atoms with van der Waals surface area (Å²) in [5, 5.41) is 8.79. The number of hydrogen-bond acceptors (Lipinski definition) is 5. The van der Waals surface area contributed by atoms with Crippen molar-refractivity contribution in [3.8, 4) is 17.3 Å². The van der Waals surface area contributed by atoms with Crippen molar-refractivity contribution in [3.05, 3.63) is 46.8 Å². The van der Waals surface area contributed by atoms with E-state index in [0.717, 1.165) is 5.56 Å². The number of aromatic nitrogens is 3. The zero-order valence-electron chi connectivity index (χ0n) is 9.99. The Morgan fingerprint density at radius 3 is 3.00 bits per heavy atom. The number of oxazole rings is 1. The maximum absolute atomic E-state index is 11.4. The van der Waals surface area contributed by atoms with E-state index >= 15 is 0 Å². The third-order valence-electron chi connectivity index (χ3n) is 2.84. The molecule has 0 spiro atoms. The predicted molar refractivity (Wildman–Crippen MR) is 67.2 cm³/mol. The normalized spacial score (nSPS) is 10.5. The smallest absolute Gasteiger partial charge is 0.408 e. The highest BCUT2D eigenvalue weighted by molar-refractivity contribution is 5.79. The third kappa shape index (κ3) is 1.77. The Balaban J connectivity index is 2.23. The van der Waals surface area contributed by atoms with Gasteiger partial charge in [-0.25, -0.2) is 14.8 Å². The summed E-state index contributed by atoms with van der Waals surface area (Å²) in [6, 6.07) is 8.89. The molecule has 6 heteroatoms. The van der Waals surface area contributed by atoms with E-state index in [1.807, 2.05) is 6.07 Å². The SMILES string of the molecule is Cn1c(=O)oc2ccc(-c3ccnc(C#N)n3)cc21. The lowest BCUT2D eigenvalue weighted by Crippen LogP contribution is -2.08. The van der Waals surface area contributed by atoms with Gasteiger partial charge in [0.25, 0.3) is 0 Å². The quantitative estimate of drug-likeness (QED) is 0.654. The monoisotopic (exact) mass is 252 g/mol. The number of rotatable bonds is 1. The van der Waals surface area contributed by atoms with Gasteiger partial charge in [-0.05, 0) is 24.3 Å². The van der Waals surface area contributed by atoms with Crippen LogP contribution in [-0.2, 0) is 7.05 Å². The second kappa shape index (κ2) is 4.07. The van der Waals surface area contributed by atoms with Crippen LogP contribution < -0.4 is 5.76 Å². The van der Waals surface area contributed by atoms with E-state index in [4.69, 9.17) is 9.68 Å². The summed E-state index contributed by atoms with van der Waals surface area (Å²) in [7, 11) is 1.64. The van der Waals surface area contributed by atoms with Crippen LogP contribution in [-0.4, -0.2) is 14.5 Å². The first-order valence-electron chi connectivity index (χ1n) is 5.52. The van der Waals surface area contributed by atoms with Gasteiger partial charge in [-0.2, -0.15) is 5.26 Å². The molecule has 0 aliphatic carbocycles. The summed E-state index contributed by atoms with van der Waals surface area (Å²) in [5.74, 6) is -0.300. The first kappa shape index (κ1) is 11.2. The molecule has 0 unspecified atom stereocenters. The fourth-order valence-corrected chi connectivity index (χ4v) is 1.86. The van der Waals surface area contributed by atoms with E-state index in [2.05, 4.69) is 9.97 Å². The van der Waals surface area contributed by atoms with Gasteiger partial charge in [0.15, 0.2) is 5.58 Å². The van der Waals surface area contributed by atoms with Crippen molar-refractivity contribution in [3.63, 3.8) is 0 Å². The minimum atomic E-state index is -0.410. The Morgan fingerprint density at radius 1 is 1.37 bits per heavy atom. The number of nitriles is 1. The number of hydrogen-bond donors (Lipinski definition) is 0. The van der Waals surface area contributed by atoms with E-state index in [9.17, 15) is 4.79 Å². The van der Waals surface area contributed by atoms with Crippen molar-refractivity contribution < 1.29 is 4.42 Å². The van der Waals surface area contributed by atoms with Crippen LogP contribution >= 0.6 is 0 Å². The van der Waals surface area contributed by atoms with Gasteiger partial charge in [0.2, 0.25) is 5.82 Å². The lowest BCUT2D eigenvalue weighted by Gasteiger charge is -2.01. The van der Waals surface area contributed by atoms with Crippen LogP contribution in [0.25, 0.3) is 22.4 Å². The molecule has 0 saturated heterocycles. The molecule has 0 fully saturated rings. The zero-order chi connectivity index (χ0) is 13.4. The maximum Gasteiger partial charge on any atom is 0.419 e. The molecule has 92 valence electrons. The molecule has 0 N–H and O–H groups in total. The van der Waals surface area contributed by atoms with Crippen LogP contribution in [0, 0.1) is 11.3 Å². The largest absolute Gasteiger partial charge is 0.419 e. The van der Waals surface area contributed by atoms with E-state index < -0.39 is 5.76 Å². The van der Waals surface area contributed by atoms with Crippen LogP contribution in [0.15, 0.2) is 39.7 Å². The molecule has 0 aliphatic rings. The van der Waals surface area contributed by atoms with Gasteiger partial charge < -0.3 is 4.42 Å². The van der Waals surface area contributed by atoms with E-state index in [0.29, 0.717) is 16.8 Å². The van der Waals surface area contributed by atoms with Crippen molar-refractivity contribution in [1.82, 2.24) is 14.5 Å². The van der Waals surface area contributed by atoms with Gasteiger partial charge in [0.05, 0.1) is 11.2 Å². The molecule has 6 nitrogen and oxygen atoms in total. The predicted octanol–water partition coefficient (Wildman–Crippen LogP) is 1.46.